The summed E-state index contributed by atoms with van der Waals surface area (Å²) in [6, 6.07) is 11.3. The molecular weight excluding hydrogens is 424 g/mol. The quantitative estimate of drug-likeness (QED) is 0.436. The number of nitrogens with two attached hydrogens (primary N) is 2. The molecule has 1 aromatic carbocycles. The van der Waals surface area contributed by atoms with Crippen molar-refractivity contribution in [2.24, 2.45) is 11.5 Å². The Hall–Kier alpha value is -3.11. The van der Waals surface area contributed by atoms with E-state index in [2.05, 4.69) is 10.9 Å². The van der Waals surface area contributed by atoms with Crippen LogP contribution in [0.5, 0.6) is 0 Å². The van der Waals surface area contributed by atoms with E-state index in [1.54, 1.807) is 0 Å². The van der Waals surface area contributed by atoms with Gasteiger partial charge in [0, 0.05) is 19.6 Å². The van der Waals surface area contributed by atoms with Crippen LogP contribution in [0.3, 0.4) is 0 Å². The van der Waals surface area contributed by atoms with Gasteiger partial charge in [-0.1, -0.05) is 49.0 Å². The summed E-state index contributed by atoms with van der Waals surface area (Å²) in [6.45, 7) is 10.8. The molecule has 0 radical (unpaired) electrons. The van der Waals surface area contributed by atoms with Gasteiger partial charge in [-0.05, 0) is 30.4 Å². The summed E-state index contributed by atoms with van der Waals surface area (Å²) >= 11 is 1.13. The van der Waals surface area contributed by atoms with Gasteiger partial charge in [-0.25, -0.2) is 9.83 Å². The molecule has 0 bridgehead atoms. The second-order valence-corrected chi connectivity index (χ2v) is 8.84. The van der Waals surface area contributed by atoms with Gasteiger partial charge in [-0.3, -0.25) is 4.79 Å². The number of piperidine rings is 1. The van der Waals surface area contributed by atoms with Gasteiger partial charge in [-0.2, -0.15) is 5.26 Å². The molecule has 8 nitrogen and oxygen atoms in total. The van der Waals surface area contributed by atoms with E-state index in [0.717, 1.165) is 17.3 Å². The number of pyridine rings is 1. The number of thioether (sulfide) groups is 1. The molecule has 1 fully saturated rings. The van der Waals surface area contributed by atoms with Crippen LogP contribution < -0.4 is 16.4 Å². The normalized spacial score (nSPS) is 16.1. The van der Waals surface area contributed by atoms with E-state index in [-0.39, 0.29) is 6.54 Å². The largest absolute Gasteiger partial charge is 0.388 e. The summed E-state index contributed by atoms with van der Waals surface area (Å²) in [5, 5.41) is 20.0. The molecule has 1 saturated heterocycles. The minimum atomic E-state index is -0.920. The highest BCUT2D eigenvalue weighted by Gasteiger charge is 2.34. The van der Waals surface area contributed by atoms with Crippen LogP contribution in [0.2, 0.25) is 0 Å². The third-order valence-corrected chi connectivity index (χ3v) is 7.02. The van der Waals surface area contributed by atoms with E-state index in [0.29, 0.717) is 60.0 Å². The van der Waals surface area contributed by atoms with E-state index in [1.807, 2.05) is 42.2 Å². The fourth-order valence-electron chi connectivity index (χ4n) is 3.84. The maximum Gasteiger partial charge on any atom is 0.235 e. The number of primary amides is 1. The van der Waals surface area contributed by atoms with E-state index in [9.17, 15) is 15.2 Å². The Morgan fingerprint density at radius 3 is 2.56 bits per heavy atom. The van der Waals surface area contributed by atoms with Gasteiger partial charge in [0.25, 0.3) is 0 Å². The van der Waals surface area contributed by atoms with Crippen LogP contribution in [0.15, 0.2) is 35.4 Å². The second kappa shape index (κ2) is 10.0. The number of carbonyl (C=O) groups excluding carboxylic acids is 1. The standard InChI is InChI=1S/C23H26N6O2S/c1-3-16-17(13-24)22(32-19(20(26)30)15-7-5-4-6-8-15)28-21(18(16)27-2)29-11-9-23(31,14-25)10-12-29/h4-8,19,31H,3,9-12,14,25H2,1H3,(H2,26,30). The van der Waals surface area contributed by atoms with Gasteiger partial charge in [0.15, 0.2) is 0 Å². The molecule has 1 atom stereocenters. The predicted octanol–water partition coefficient (Wildman–Crippen LogP) is 2.68. The van der Waals surface area contributed by atoms with Crippen molar-refractivity contribution in [1.29, 1.82) is 5.26 Å². The monoisotopic (exact) mass is 450 g/mol. The Bertz CT molecular complexity index is 1070. The van der Waals surface area contributed by atoms with E-state index in [1.165, 1.54) is 0 Å². The first-order valence-corrected chi connectivity index (χ1v) is 11.3. The number of nitriles is 1. The number of hydrogen-bond acceptors (Lipinski definition) is 7. The molecule has 0 saturated carbocycles. The Morgan fingerprint density at radius 2 is 2.06 bits per heavy atom. The van der Waals surface area contributed by atoms with Gasteiger partial charge in [0.2, 0.25) is 11.6 Å². The molecule has 1 aliphatic heterocycles. The number of amides is 1. The minimum Gasteiger partial charge on any atom is -0.388 e. The molecule has 3 rings (SSSR count). The van der Waals surface area contributed by atoms with Crippen LogP contribution in [0.4, 0.5) is 11.5 Å². The molecule has 1 aromatic heterocycles. The van der Waals surface area contributed by atoms with Gasteiger partial charge in [0.1, 0.15) is 22.2 Å². The molecule has 5 N–H and O–H groups in total. The minimum absolute atomic E-state index is 0.177. The van der Waals surface area contributed by atoms with Gasteiger partial charge < -0.3 is 21.5 Å². The van der Waals surface area contributed by atoms with Crippen LogP contribution in [0.1, 0.15) is 41.7 Å². The highest BCUT2D eigenvalue weighted by Crippen LogP contribution is 2.43. The molecule has 9 heteroatoms. The maximum atomic E-state index is 12.3. The van der Waals surface area contributed by atoms with Crippen molar-refractivity contribution in [3.05, 3.63) is 58.4 Å². The zero-order chi connectivity index (χ0) is 23.3. The van der Waals surface area contributed by atoms with Crippen molar-refractivity contribution < 1.29 is 9.90 Å². The highest BCUT2D eigenvalue weighted by atomic mass is 32.2. The molecule has 0 spiro atoms. The van der Waals surface area contributed by atoms with Crippen molar-refractivity contribution in [3.63, 3.8) is 0 Å². The number of hydrogen-bond donors (Lipinski definition) is 3. The van der Waals surface area contributed by atoms with Crippen molar-refractivity contribution >= 4 is 29.2 Å². The van der Waals surface area contributed by atoms with Gasteiger partial charge in [-0.15, -0.1) is 0 Å². The first-order chi connectivity index (χ1) is 15.4. The van der Waals surface area contributed by atoms with E-state index < -0.39 is 16.8 Å². The summed E-state index contributed by atoms with van der Waals surface area (Å²) in [6.07, 6.45) is 1.39. The smallest absolute Gasteiger partial charge is 0.235 e. The number of benzene rings is 1. The van der Waals surface area contributed by atoms with E-state index in [4.69, 9.17) is 23.0 Å². The van der Waals surface area contributed by atoms with Gasteiger partial charge in [0.05, 0.1) is 17.7 Å². The number of anilines is 1. The molecule has 0 aliphatic carbocycles. The van der Waals surface area contributed by atoms with Crippen LogP contribution in [0, 0.1) is 17.9 Å². The van der Waals surface area contributed by atoms with Crippen molar-refractivity contribution in [2.75, 3.05) is 24.5 Å². The fourth-order valence-corrected chi connectivity index (χ4v) is 4.90. The maximum absolute atomic E-state index is 12.3. The zero-order valence-electron chi connectivity index (χ0n) is 17.9. The fraction of sp³-hybridized carbons (Fsp3) is 0.391. The molecular formula is C23H26N6O2S. The van der Waals surface area contributed by atoms with E-state index >= 15 is 0 Å². The predicted molar refractivity (Wildman–Crippen MR) is 124 cm³/mol. The third kappa shape index (κ3) is 4.71. The summed E-state index contributed by atoms with van der Waals surface area (Å²) in [5.41, 5.74) is 12.4. The SMILES string of the molecule is [C-]#[N+]c1c(N2CCC(O)(CN)CC2)nc(SC(C(N)=O)c2ccccc2)c(C#N)c1CC. The number of rotatable bonds is 7. The Morgan fingerprint density at radius 1 is 1.41 bits per heavy atom. The lowest BCUT2D eigenvalue weighted by molar-refractivity contribution is -0.117. The number of aliphatic hydroxyl groups is 1. The third-order valence-electron chi connectivity index (χ3n) is 5.76. The molecule has 166 valence electrons. The van der Waals surface area contributed by atoms with Crippen LogP contribution >= 0.6 is 11.8 Å². The van der Waals surface area contributed by atoms with Crippen LogP contribution in [-0.4, -0.2) is 41.2 Å². The molecule has 32 heavy (non-hydrogen) atoms. The van der Waals surface area contributed by atoms with Crippen molar-refractivity contribution in [2.45, 2.75) is 42.1 Å². The second-order valence-electron chi connectivity index (χ2n) is 7.75. The Balaban J connectivity index is 2.08. The topological polar surface area (TPSA) is 134 Å². The van der Waals surface area contributed by atoms with Crippen molar-refractivity contribution in [3.8, 4) is 6.07 Å². The van der Waals surface area contributed by atoms with Gasteiger partial charge >= 0.3 is 0 Å². The first-order valence-electron chi connectivity index (χ1n) is 10.4. The van der Waals surface area contributed by atoms with Crippen LogP contribution in [-0.2, 0) is 11.2 Å². The van der Waals surface area contributed by atoms with Crippen LogP contribution in [0.25, 0.3) is 4.85 Å². The average Bonchev–Trinajstić information content (AvgIpc) is 2.82. The molecule has 1 unspecified atom stereocenters. The first kappa shape index (κ1) is 23.6. The molecule has 1 amide bonds. The number of aromatic nitrogens is 1. The average molecular weight is 451 g/mol. The lowest BCUT2D eigenvalue weighted by atomic mass is 9.91. The summed E-state index contributed by atoms with van der Waals surface area (Å²) < 4.78 is 0. The Kier molecular flexibility index (Phi) is 7.37. The highest BCUT2D eigenvalue weighted by molar-refractivity contribution is 8.00. The zero-order valence-corrected chi connectivity index (χ0v) is 18.7. The molecule has 2 aromatic rings. The summed E-state index contributed by atoms with van der Waals surface area (Å²) in [4.78, 5) is 22.6. The number of carbonyl (C=O) groups is 1. The molecule has 1 aliphatic rings. The lowest BCUT2D eigenvalue weighted by Crippen LogP contribution is -2.49. The summed E-state index contributed by atoms with van der Waals surface area (Å²) in [5.74, 6) is -0.0690. The number of nitrogens with zero attached hydrogens (tertiary/aromatic N) is 4. The Labute approximate surface area is 192 Å². The summed E-state index contributed by atoms with van der Waals surface area (Å²) in [7, 11) is 0. The molecule has 2 heterocycles. The van der Waals surface area contributed by atoms with Crippen molar-refractivity contribution in [1.82, 2.24) is 4.98 Å². The lowest BCUT2D eigenvalue weighted by Gasteiger charge is -2.38.